The Bertz CT molecular complexity index is 1130. The van der Waals surface area contributed by atoms with E-state index in [0.29, 0.717) is 30.4 Å². The Morgan fingerprint density at radius 1 is 0.853 bits per heavy atom. The molecule has 0 bridgehead atoms. The highest BCUT2D eigenvalue weighted by Gasteiger charge is 2.21. The fourth-order valence-corrected chi connectivity index (χ4v) is 5.22. The third kappa shape index (κ3) is 5.87. The summed E-state index contributed by atoms with van der Waals surface area (Å²) in [5, 5.41) is 2.69. The fraction of sp³-hybridized carbons (Fsp3) is 0.419. The molecule has 1 aliphatic rings. The molecule has 0 N–H and O–H groups in total. The second-order valence-electron chi connectivity index (χ2n) is 9.55. The molecule has 4 rings (SSSR count). The van der Waals surface area contributed by atoms with Crippen molar-refractivity contribution in [3.8, 4) is 5.75 Å². The zero-order valence-electron chi connectivity index (χ0n) is 20.5. The number of fused-ring (bicyclic) bond motifs is 1. The first-order valence-electron chi connectivity index (χ1n) is 12.9. The van der Waals surface area contributed by atoms with E-state index < -0.39 is 11.6 Å². The summed E-state index contributed by atoms with van der Waals surface area (Å²) in [4.78, 5) is 0. The summed E-state index contributed by atoms with van der Waals surface area (Å²) in [6, 6.07) is 17.0. The van der Waals surface area contributed by atoms with Crippen LogP contribution in [0.4, 0.5) is 8.78 Å². The molecule has 0 aliphatic heterocycles. The first-order valence-corrected chi connectivity index (χ1v) is 12.9. The lowest BCUT2D eigenvalue weighted by Crippen LogP contribution is -2.11. The van der Waals surface area contributed by atoms with Crippen molar-refractivity contribution in [2.75, 3.05) is 6.61 Å². The summed E-state index contributed by atoms with van der Waals surface area (Å²) in [5.41, 5.74) is 3.30. The topological polar surface area (TPSA) is 9.23 Å². The van der Waals surface area contributed by atoms with Gasteiger partial charge in [-0.05, 0) is 97.2 Å². The molecule has 0 amide bonds. The molecule has 0 atom stereocenters. The second kappa shape index (κ2) is 11.6. The molecule has 3 aromatic carbocycles. The average molecular weight is 463 g/mol. The van der Waals surface area contributed by atoms with Crippen molar-refractivity contribution in [2.24, 2.45) is 5.92 Å². The number of rotatable bonds is 9. The minimum atomic E-state index is -0.878. The van der Waals surface area contributed by atoms with Crippen molar-refractivity contribution in [1.82, 2.24) is 0 Å². The van der Waals surface area contributed by atoms with Crippen LogP contribution in [0.25, 0.3) is 10.8 Å². The van der Waals surface area contributed by atoms with Gasteiger partial charge in [-0.3, -0.25) is 0 Å². The van der Waals surface area contributed by atoms with Gasteiger partial charge in [0, 0.05) is 0 Å². The molecule has 34 heavy (non-hydrogen) atoms. The van der Waals surface area contributed by atoms with E-state index in [2.05, 4.69) is 55.5 Å². The lowest BCUT2D eigenvalue weighted by molar-refractivity contribution is 0.313. The van der Waals surface area contributed by atoms with Crippen LogP contribution in [0.3, 0.4) is 0 Å². The van der Waals surface area contributed by atoms with Crippen LogP contribution >= 0.6 is 0 Å². The molecule has 3 aromatic rings. The molecule has 1 nitrogen and oxygen atoms in total. The Morgan fingerprint density at radius 2 is 1.62 bits per heavy atom. The van der Waals surface area contributed by atoms with Crippen molar-refractivity contribution in [3.05, 3.63) is 89.0 Å². The Kier molecular flexibility index (Phi) is 8.37. The monoisotopic (exact) mass is 462 g/mol. The summed E-state index contributed by atoms with van der Waals surface area (Å²) >= 11 is 0. The number of hydrogen-bond donors (Lipinski definition) is 0. The van der Waals surface area contributed by atoms with Crippen molar-refractivity contribution < 1.29 is 13.5 Å². The first kappa shape index (κ1) is 24.4. The highest BCUT2D eigenvalue weighted by Crippen LogP contribution is 2.37. The predicted octanol–water partition coefficient (Wildman–Crippen LogP) is 8.93. The van der Waals surface area contributed by atoms with E-state index >= 15 is 0 Å². The highest BCUT2D eigenvalue weighted by atomic mass is 19.2. The maximum Gasteiger partial charge on any atom is 0.200 e. The summed E-state index contributed by atoms with van der Waals surface area (Å²) in [6.07, 6.45) is 12.7. The van der Waals surface area contributed by atoms with Gasteiger partial charge in [0.15, 0.2) is 11.6 Å². The quantitative estimate of drug-likeness (QED) is 0.288. The van der Waals surface area contributed by atoms with E-state index in [-0.39, 0.29) is 5.75 Å². The van der Waals surface area contributed by atoms with Gasteiger partial charge in [0.2, 0.25) is 5.82 Å². The Labute approximate surface area is 202 Å². The van der Waals surface area contributed by atoms with Gasteiger partial charge in [-0.1, -0.05) is 68.0 Å². The molecule has 3 heteroatoms. The Hall–Kier alpha value is -2.68. The predicted molar refractivity (Wildman–Crippen MR) is 138 cm³/mol. The maximum atomic E-state index is 14.2. The van der Waals surface area contributed by atoms with Crippen LogP contribution in [0.2, 0.25) is 0 Å². The van der Waals surface area contributed by atoms with Gasteiger partial charge in [0.25, 0.3) is 0 Å². The molecule has 0 aromatic heterocycles. The average Bonchev–Trinajstić information content (AvgIpc) is 2.86. The molecular formula is C31H36F2O. The van der Waals surface area contributed by atoms with Gasteiger partial charge in [-0.2, -0.15) is 4.39 Å². The van der Waals surface area contributed by atoms with Crippen LogP contribution in [0, 0.1) is 17.6 Å². The van der Waals surface area contributed by atoms with Crippen LogP contribution in [0.1, 0.15) is 75.0 Å². The van der Waals surface area contributed by atoms with Gasteiger partial charge >= 0.3 is 0 Å². The minimum Gasteiger partial charge on any atom is -0.491 e. The molecule has 1 aliphatic carbocycles. The smallest absolute Gasteiger partial charge is 0.200 e. The molecule has 0 radical (unpaired) electrons. The van der Waals surface area contributed by atoms with Gasteiger partial charge in [0.1, 0.15) is 0 Å². The van der Waals surface area contributed by atoms with Crippen LogP contribution in [-0.4, -0.2) is 6.61 Å². The maximum absolute atomic E-state index is 14.2. The van der Waals surface area contributed by atoms with Crippen LogP contribution in [0.5, 0.6) is 5.75 Å². The summed E-state index contributed by atoms with van der Waals surface area (Å²) in [7, 11) is 0. The SMILES string of the molecule is CCCc1ccc2cc(C3CCC(/C=C/CCc4ccc(OCC)c(F)c4F)CC3)ccc2c1. The third-order valence-electron chi connectivity index (χ3n) is 7.13. The molecule has 1 saturated carbocycles. The van der Waals surface area contributed by atoms with Gasteiger partial charge in [-0.25, -0.2) is 4.39 Å². The van der Waals surface area contributed by atoms with E-state index in [1.807, 2.05) is 0 Å². The molecule has 1 fully saturated rings. The van der Waals surface area contributed by atoms with Gasteiger partial charge in [-0.15, -0.1) is 0 Å². The zero-order valence-corrected chi connectivity index (χ0v) is 20.5. The normalized spacial score (nSPS) is 18.6. The lowest BCUT2D eigenvalue weighted by atomic mass is 9.78. The standard InChI is InChI=1S/C31H36F2O/c1-3-7-23-12-15-28-21-27(17-16-26(28)20-23)24-13-10-22(11-14-24)8-5-6-9-25-18-19-29(34-4-2)31(33)30(25)32/h5,8,12,15-22,24H,3-4,6-7,9-11,13-14H2,1-2H3/b8-5+. The summed E-state index contributed by atoms with van der Waals surface area (Å²) < 4.78 is 33.4. The number of benzene rings is 3. The van der Waals surface area contributed by atoms with Crippen molar-refractivity contribution in [3.63, 3.8) is 0 Å². The Morgan fingerprint density at radius 3 is 2.38 bits per heavy atom. The van der Waals surface area contributed by atoms with Crippen molar-refractivity contribution in [1.29, 1.82) is 0 Å². The highest BCUT2D eigenvalue weighted by molar-refractivity contribution is 5.84. The number of halogens is 2. The number of allylic oxidation sites excluding steroid dienone is 2. The van der Waals surface area contributed by atoms with Crippen LogP contribution in [-0.2, 0) is 12.8 Å². The molecule has 0 unspecified atom stereocenters. The molecule has 0 saturated heterocycles. The van der Waals surface area contributed by atoms with Crippen LogP contribution in [0.15, 0.2) is 60.7 Å². The third-order valence-corrected chi connectivity index (χ3v) is 7.13. The molecule has 180 valence electrons. The van der Waals surface area contributed by atoms with Crippen LogP contribution < -0.4 is 4.74 Å². The summed E-state index contributed by atoms with van der Waals surface area (Å²) in [6.45, 7) is 4.30. The van der Waals surface area contributed by atoms with Gasteiger partial charge < -0.3 is 4.74 Å². The molecular weight excluding hydrogens is 426 g/mol. The van der Waals surface area contributed by atoms with Crippen molar-refractivity contribution >= 4 is 10.8 Å². The fourth-order valence-electron chi connectivity index (χ4n) is 5.22. The Balaban J connectivity index is 1.28. The van der Waals surface area contributed by atoms with Crippen molar-refractivity contribution in [2.45, 2.75) is 71.1 Å². The lowest BCUT2D eigenvalue weighted by Gasteiger charge is -2.27. The first-order chi connectivity index (χ1) is 16.6. The zero-order chi connectivity index (χ0) is 23.9. The minimum absolute atomic E-state index is 0.0105. The van der Waals surface area contributed by atoms with E-state index in [1.54, 1.807) is 13.0 Å². The number of hydrogen-bond acceptors (Lipinski definition) is 1. The number of aryl methyl sites for hydroxylation is 2. The van der Waals surface area contributed by atoms with Gasteiger partial charge in [0.05, 0.1) is 6.61 Å². The summed E-state index contributed by atoms with van der Waals surface area (Å²) in [5.74, 6) is -0.460. The van der Waals surface area contributed by atoms with E-state index in [9.17, 15) is 8.78 Å². The van der Waals surface area contributed by atoms with E-state index in [4.69, 9.17) is 4.74 Å². The largest absolute Gasteiger partial charge is 0.491 e. The molecule has 0 spiro atoms. The number of ether oxygens (including phenoxy) is 1. The van der Waals surface area contributed by atoms with E-state index in [1.165, 1.54) is 60.1 Å². The second-order valence-corrected chi connectivity index (χ2v) is 9.55. The van der Waals surface area contributed by atoms with E-state index in [0.717, 1.165) is 12.8 Å². The molecule has 0 heterocycles.